The van der Waals surface area contributed by atoms with E-state index in [0.29, 0.717) is 17.6 Å². The molecular formula is C55H31N5OS. The van der Waals surface area contributed by atoms with Crippen molar-refractivity contribution in [3.63, 3.8) is 0 Å². The molecule has 0 aliphatic rings. The lowest BCUT2D eigenvalue weighted by molar-refractivity contribution is 0.669. The van der Waals surface area contributed by atoms with Gasteiger partial charge in [-0.25, -0.2) is 4.98 Å². The maximum absolute atomic E-state index is 6.65. The van der Waals surface area contributed by atoms with Gasteiger partial charge in [0.15, 0.2) is 11.6 Å². The molecular weight excluding hydrogens is 779 g/mol. The highest BCUT2D eigenvalue weighted by Crippen LogP contribution is 2.44. The van der Waals surface area contributed by atoms with Crippen LogP contribution in [0.2, 0.25) is 0 Å². The third-order valence-corrected chi connectivity index (χ3v) is 13.7. The second-order valence-electron chi connectivity index (χ2n) is 16.0. The van der Waals surface area contributed by atoms with E-state index in [-0.39, 0.29) is 0 Å². The maximum Gasteiger partial charge on any atom is 0.238 e. The third-order valence-electron chi connectivity index (χ3n) is 12.6. The minimum atomic E-state index is 0.550. The molecule has 0 radical (unpaired) electrons. The predicted octanol–water partition coefficient (Wildman–Crippen LogP) is 14.8. The molecule has 5 heterocycles. The van der Waals surface area contributed by atoms with Gasteiger partial charge in [-0.1, -0.05) is 115 Å². The first-order valence-electron chi connectivity index (χ1n) is 20.8. The molecule has 14 rings (SSSR count). The van der Waals surface area contributed by atoms with Crippen LogP contribution in [0.5, 0.6) is 0 Å². The largest absolute Gasteiger partial charge is 0.456 e. The Balaban J connectivity index is 1.14. The summed E-state index contributed by atoms with van der Waals surface area (Å²) in [4.78, 5) is 16.4. The standard InChI is InChI=1S/C55H31N5OS/c1-2-14-33-31-46-41(29-32(33)13-1)37-17-5-8-20-43(37)59(46)52-40(26-27-48-51(52)39-19-6-11-23-47(39)61-48)54-56-53(34-25-28-50-42(30-34)38-18-7-12-24-49(38)62-50)57-55(58-54)60-44-21-9-3-15-35(44)36-16-4-10-22-45(36)60/h1-31H. The Morgan fingerprint density at radius 3 is 1.76 bits per heavy atom. The summed E-state index contributed by atoms with van der Waals surface area (Å²) in [6, 6.07) is 66.6. The molecule has 14 aromatic rings. The molecule has 6 nitrogen and oxygen atoms in total. The zero-order valence-electron chi connectivity index (χ0n) is 33.0. The van der Waals surface area contributed by atoms with Gasteiger partial charge in [-0.05, 0) is 83.6 Å². The number of furan rings is 1. The summed E-state index contributed by atoms with van der Waals surface area (Å²) in [5.41, 5.74) is 8.61. The number of fused-ring (bicyclic) bond motifs is 13. The van der Waals surface area contributed by atoms with Crippen molar-refractivity contribution in [2.75, 3.05) is 0 Å². The van der Waals surface area contributed by atoms with Gasteiger partial charge < -0.3 is 8.98 Å². The molecule has 0 saturated heterocycles. The Kier molecular flexibility index (Phi) is 6.89. The van der Waals surface area contributed by atoms with Gasteiger partial charge in [-0.15, -0.1) is 11.3 Å². The van der Waals surface area contributed by atoms with E-state index in [1.54, 1.807) is 11.3 Å². The second kappa shape index (κ2) is 12.7. The fourth-order valence-corrected chi connectivity index (χ4v) is 10.9. The van der Waals surface area contributed by atoms with Crippen molar-refractivity contribution in [1.29, 1.82) is 0 Å². The Morgan fingerprint density at radius 1 is 0.387 bits per heavy atom. The third kappa shape index (κ3) is 4.76. The number of rotatable bonds is 4. The number of hydrogen-bond acceptors (Lipinski definition) is 5. The van der Waals surface area contributed by atoms with Crippen molar-refractivity contribution < 1.29 is 4.42 Å². The van der Waals surface area contributed by atoms with Crippen LogP contribution in [0.3, 0.4) is 0 Å². The molecule has 5 aromatic heterocycles. The summed E-state index contributed by atoms with van der Waals surface area (Å²) < 4.78 is 13.7. The van der Waals surface area contributed by atoms with Crippen molar-refractivity contribution >= 4 is 108 Å². The van der Waals surface area contributed by atoms with E-state index >= 15 is 0 Å². The average molecular weight is 810 g/mol. The molecule has 0 unspecified atom stereocenters. The number of para-hydroxylation sites is 4. The number of aromatic nitrogens is 5. The Bertz CT molecular complexity index is 4130. The Labute approximate surface area is 357 Å². The van der Waals surface area contributed by atoms with Crippen LogP contribution >= 0.6 is 11.3 Å². The van der Waals surface area contributed by atoms with Gasteiger partial charge in [0.25, 0.3) is 0 Å². The molecule has 0 bridgehead atoms. The van der Waals surface area contributed by atoms with Crippen LogP contribution in [-0.2, 0) is 0 Å². The molecule has 288 valence electrons. The first-order chi connectivity index (χ1) is 30.7. The van der Waals surface area contributed by atoms with E-state index < -0.39 is 0 Å². The van der Waals surface area contributed by atoms with Gasteiger partial charge in [0.05, 0.1) is 33.1 Å². The fourth-order valence-electron chi connectivity index (χ4n) is 9.82. The van der Waals surface area contributed by atoms with Gasteiger partial charge in [0.1, 0.15) is 11.2 Å². The van der Waals surface area contributed by atoms with E-state index in [4.69, 9.17) is 19.4 Å². The van der Waals surface area contributed by atoms with E-state index in [1.807, 2.05) is 12.1 Å². The summed E-state index contributed by atoms with van der Waals surface area (Å²) in [6.07, 6.45) is 0. The van der Waals surface area contributed by atoms with E-state index in [0.717, 1.165) is 71.6 Å². The molecule has 0 aliphatic heterocycles. The Hall–Kier alpha value is -8.13. The van der Waals surface area contributed by atoms with E-state index in [1.165, 1.54) is 41.7 Å². The quantitative estimate of drug-likeness (QED) is 0.178. The van der Waals surface area contributed by atoms with Gasteiger partial charge in [0, 0.05) is 58.2 Å². The molecule has 9 aromatic carbocycles. The van der Waals surface area contributed by atoms with Gasteiger partial charge in [-0.2, -0.15) is 9.97 Å². The average Bonchev–Trinajstić information content (AvgIpc) is 4.08. The zero-order valence-corrected chi connectivity index (χ0v) is 33.8. The summed E-state index contributed by atoms with van der Waals surface area (Å²) in [5, 5.41) is 11.4. The first-order valence-corrected chi connectivity index (χ1v) is 21.6. The predicted molar refractivity (Wildman–Crippen MR) is 257 cm³/mol. The van der Waals surface area contributed by atoms with Crippen LogP contribution in [0.1, 0.15) is 0 Å². The van der Waals surface area contributed by atoms with Crippen LogP contribution in [0.4, 0.5) is 0 Å². The smallest absolute Gasteiger partial charge is 0.238 e. The minimum Gasteiger partial charge on any atom is -0.456 e. The summed E-state index contributed by atoms with van der Waals surface area (Å²) in [6.45, 7) is 0. The molecule has 7 heteroatoms. The monoisotopic (exact) mass is 809 g/mol. The lowest BCUT2D eigenvalue weighted by atomic mass is 10.0. The van der Waals surface area contributed by atoms with Gasteiger partial charge in [-0.3, -0.25) is 4.57 Å². The molecule has 0 N–H and O–H groups in total. The van der Waals surface area contributed by atoms with Crippen molar-refractivity contribution in [1.82, 2.24) is 24.1 Å². The second-order valence-corrected chi connectivity index (χ2v) is 17.0. The summed E-state index contributed by atoms with van der Waals surface area (Å²) in [7, 11) is 0. The molecule has 0 amide bonds. The van der Waals surface area contributed by atoms with E-state index in [9.17, 15) is 0 Å². The van der Waals surface area contributed by atoms with Crippen LogP contribution in [0, 0.1) is 0 Å². The minimum absolute atomic E-state index is 0.550. The van der Waals surface area contributed by atoms with E-state index in [2.05, 4.69) is 185 Å². The fraction of sp³-hybridized carbons (Fsp3) is 0. The highest BCUT2D eigenvalue weighted by atomic mass is 32.1. The van der Waals surface area contributed by atoms with Crippen molar-refractivity contribution in [3.05, 3.63) is 188 Å². The molecule has 0 fully saturated rings. The number of benzene rings is 9. The molecule has 62 heavy (non-hydrogen) atoms. The number of hydrogen-bond donors (Lipinski definition) is 0. The maximum atomic E-state index is 6.65. The lowest BCUT2D eigenvalue weighted by Gasteiger charge is -2.16. The van der Waals surface area contributed by atoms with Crippen molar-refractivity contribution in [2.24, 2.45) is 0 Å². The molecule has 0 spiro atoms. The van der Waals surface area contributed by atoms with Crippen molar-refractivity contribution in [3.8, 4) is 34.4 Å². The first kappa shape index (κ1) is 33.7. The lowest BCUT2D eigenvalue weighted by Crippen LogP contribution is -2.08. The van der Waals surface area contributed by atoms with Crippen LogP contribution in [0.25, 0.3) is 131 Å². The Morgan fingerprint density at radius 2 is 0.984 bits per heavy atom. The SMILES string of the molecule is c1ccc2cc3c(cc2c1)c1ccccc1n3-c1c(-c2nc(-c3ccc4sc5ccccc5c4c3)nc(-n3c4ccccc4c4ccccc43)n2)ccc2oc3ccccc3c12. The highest BCUT2D eigenvalue weighted by Gasteiger charge is 2.25. The van der Waals surface area contributed by atoms with Crippen LogP contribution in [0.15, 0.2) is 192 Å². The molecule has 0 aliphatic carbocycles. The molecule has 0 saturated carbocycles. The summed E-state index contributed by atoms with van der Waals surface area (Å²) in [5.74, 6) is 1.71. The number of nitrogens with zero attached hydrogens (tertiary/aromatic N) is 5. The highest BCUT2D eigenvalue weighted by molar-refractivity contribution is 7.25. The van der Waals surface area contributed by atoms with Gasteiger partial charge >= 0.3 is 0 Å². The van der Waals surface area contributed by atoms with Crippen LogP contribution in [-0.4, -0.2) is 24.1 Å². The van der Waals surface area contributed by atoms with Crippen molar-refractivity contribution in [2.45, 2.75) is 0 Å². The zero-order chi connectivity index (χ0) is 40.5. The summed E-state index contributed by atoms with van der Waals surface area (Å²) >= 11 is 1.81. The van der Waals surface area contributed by atoms with Gasteiger partial charge in [0.2, 0.25) is 5.95 Å². The normalized spacial score (nSPS) is 12.2. The topological polar surface area (TPSA) is 61.7 Å². The van der Waals surface area contributed by atoms with Crippen LogP contribution < -0.4 is 0 Å². The molecule has 0 atom stereocenters. The number of thiophene rings is 1.